The molecule has 1 aliphatic rings. The second kappa shape index (κ2) is 5.26. The van der Waals surface area contributed by atoms with Crippen molar-refractivity contribution in [3.63, 3.8) is 0 Å². The van der Waals surface area contributed by atoms with Gasteiger partial charge in [0.1, 0.15) is 6.10 Å². The van der Waals surface area contributed by atoms with E-state index in [-0.39, 0.29) is 12.0 Å². The summed E-state index contributed by atoms with van der Waals surface area (Å²) in [4.78, 5) is 11.6. The van der Waals surface area contributed by atoms with Crippen LogP contribution in [0.1, 0.15) is 27.8 Å². The molecule has 0 saturated carbocycles. The Hall–Kier alpha value is -1.85. The molecule has 0 saturated heterocycles. The zero-order chi connectivity index (χ0) is 14.1. The Balaban J connectivity index is 1.83. The van der Waals surface area contributed by atoms with Gasteiger partial charge in [0.2, 0.25) is 0 Å². The van der Waals surface area contributed by atoms with Crippen LogP contribution in [0.15, 0.2) is 30.3 Å². The molecule has 1 aromatic carbocycles. The van der Waals surface area contributed by atoms with Gasteiger partial charge in [-0.05, 0) is 23.8 Å². The SMILES string of the molecule is CNC(=O)c1cc2n(n1)C[C@H](c1ccc(Cl)cc1)OC2. The number of benzene rings is 1. The van der Waals surface area contributed by atoms with E-state index >= 15 is 0 Å². The summed E-state index contributed by atoms with van der Waals surface area (Å²) >= 11 is 5.88. The number of fused-ring (bicyclic) bond motifs is 1. The number of nitrogens with one attached hydrogen (secondary N) is 1. The summed E-state index contributed by atoms with van der Waals surface area (Å²) in [6.45, 7) is 1.03. The van der Waals surface area contributed by atoms with E-state index in [0.29, 0.717) is 23.9 Å². The van der Waals surface area contributed by atoms with E-state index in [4.69, 9.17) is 16.3 Å². The van der Waals surface area contributed by atoms with Gasteiger partial charge in [-0.15, -0.1) is 0 Å². The molecule has 20 heavy (non-hydrogen) atoms. The standard InChI is InChI=1S/C14H14ClN3O2/c1-16-14(19)12-6-11-8-20-13(7-18(11)17-12)9-2-4-10(15)5-3-9/h2-6,13H,7-8H2,1H3,(H,16,19)/t13-/m1/s1. The average Bonchev–Trinajstić information content (AvgIpc) is 2.90. The molecule has 0 radical (unpaired) electrons. The van der Waals surface area contributed by atoms with Crippen molar-refractivity contribution in [3.05, 3.63) is 52.3 Å². The van der Waals surface area contributed by atoms with Crippen LogP contribution < -0.4 is 5.32 Å². The maximum absolute atomic E-state index is 11.6. The largest absolute Gasteiger partial charge is 0.365 e. The third-order valence-corrected chi connectivity index (χ3v) is 3.59. The predicted octanol–water partition coefficient (Wildman–Crippen LogP) is 2.17. The van der Waals surface area contributed by atoms with Gasteiger partial charge >= 0.3 is 0 Å². The molecule has 104 valence electrons. The first-order valence-electron chi connectivity index (χ1n) is 6.33. The molecule has 0 bridgehead atoms. The van der Waals surface area contributed by atoms with Crippen molar-refractivity contribution in [2.45, 2.75) is 19.3 Å². The van der Waals surface area contributed by atoms with Crippen LogP contribution in [0.5, 0.6) is 0 Å². The Morgan fingerprint density at radius 3 is 2.90 bits per heavy atom. The number of ether oxygens (including phenoxy) is 1. The zero-order valence-electron chi connectivity index (χ0n) is 11.0. The summed E-state index contributed by atoms with van der Waals surface area (Å²) in [6.07, 6.45) is -0.0720. The Kier molecular flexibility index (Phi) is 3.46. The molecule has 0 spiro atoms. The van der Waals surface area contributed by atoms with Crippen LogP contribution in [-0.2, 0) is 17.9 Å². The molecule has 1 atom stereocenters. The van der Waals surface area contributed by atoms with Crippen molar-refractivity contribution < 1.29 is 9.53 Å². The topological polar surface area (TPSA) is 56.2 Å². The summed E-state index contributed by atoms with van der Waals surface area (Å²) < 4.78 is 7.65. The number of carbonyl (C=O) groups excluding carboxylic acids is 1. The Morgan fingerprint density at radius 1 is 1.45 bits per heavy atom. The lowest BCUT2D eigenvalue weighted by Gasteiger charge is -2.24. The molecule has 1 amide bonds. The van der Waals surface area contributed by atoms with Gasteiger partial charge in [0.15, 0.2) is 5.69 Å². The van der Waals surface area contributed by atoms with Crippen LogP contribution in [-0.4, -0.2) is 22.7 Å². The number of hydrogen-bond donors (Lipinski definition) is 1. The third kappa shape index (κ3) is 2.42. The first kappa shape index (κ1) is 13.1. The Labute approximate surface area is 121 Å². The first-order valence-corrected chi connectivity index (χ1v) is 6.71. The van der Waals surface area contributed by atoms with E-state index in [1.165, 1.54) is 0 Å². The molecule has 6 heteroatoms. The van der Waals surface area contributed by atoms with E-state index in [1.807, 2.05) is 28.9 Å². The molecule has 2 heterocycles. The minimum Gasteiger partial charge on any atom is -0.365 e. The van der Waals surface area contributed by atoms with Crippen molar-refractivity contribution in [1.82, 2.24) is 15.1 Å². The minimum atomic E-state index is -0.185. The molecule has 5 nitrogen and oxygen atoms in total. The van der Waals surface area contributed by atoms with E-state index in [0.717, 1.165) is 11.3 Å². The second-order valence-corrected chi connectivity index (χ2v) is 5.07. The number of amides is 1. The lowest BCUT2D eigenvalue weighted by Crippen LogP contribution is -2.22. The summed E-state index contributed by atoms with van der Waals surface area (Å²) in [5.74, 6) is -0.185. The highest BCUT2D eigenvalue weighted by molar-refractivity contribution is 6.30. The smallest absolute Gasteiger partial charge is 0.271 e. The fourth-order valence-corrected chi connectivity index (χ4v) is 2.37. The molecule has 2 aromatic rings. The van der Waals surface area contributed by atoms with E-state index in [9.17, 15) is 4.79 Å². The number of rotatable bonds is 2. The quantitative estimate of drug-likeness (QED) is 0.922. The second-order valence-electron chi connectivity index (χ2n) is 4.63. The minimum absolute atomic E-state index is 0.0720. The van der Waals surface area contributed by atoms with Crippen LogP contribution in [0.25, 0.3) is 0 Å². The van der Waals surface area contributed by atoms with Gasteiger partial charge in [-0.3, -0.25) is 9.48 Å². The maximum atomic E-state index is 11.6. The molecule has 1 N–H and O–H groups in total. The van der Waals surface area contributed by atoms with E-state index in [2.05, 4.69) is 10.4 Å². The lowest BCUT2D eigenvalue weighted by molar-refractivity contribution is -0.00119. The van der Waals surface area contributed by atoms with Gasteiger partial charge in [0, 0.05) is 12.1 Å². The molecule has 0 unspecified atom stereocenters. The van der Waals surface area contributed by atoms with Crippen molar-refractivity contribution in [1.29, 1.82) is 0 Å². The molecular weight excluding hydrogens is 278 g/mol. The van der Waals surface area contributed by atoms with E-state index < -0.39 is 0 Å². The van der Waals surface area contributed by atoms with Gasteiger partial charge in [-0.1, -0.05) is 23.7 Å². The molecular formula is C14H14ClN3O2. The van der Waals surface area contributed by atoms with Crippen molar-refractivity contribution in [2.75, 3.05) is 7.05 Å². The van der Waals surface area contributed by atoms with Crippen LogP contribution in [0.4, 0.5) is 0 Å². The molecule has 0 fully saturated rings. The first-order chi connectivity index (χ1) is 9.67. The molecule has 3 rings (SSSR count). The van der Waals surface area contributed by atoms with Gasteiger partial charge in [0.25, 0.3) is 5.91 Å². The summed E-state index contributed by atoms with van der Waals surface area (Å²) in [5.41, 5.74) is 2.38. The maximum Gasteiger partial charge on any atom is 0.271 e. The van der Waals surface area contributed by atoms with Gasteiger partial charge in [-0.2, -0.15) is 5.10 Å². The van der Waals surface area contributed by atoms with Crippen LogP contribution in [0.2, 0.25) is 5.02 Å². The fraction of sp³-hybridized carbons (Fsp3) is 0.286. The lowest BCUT2D eigenvalue weighted by atomic mass is 10.1. The number of hydrogen-bond acceptors (Lipinski definition) is 3. The number of nitrogens with zero attached hydrogens (tertiary/aromatic N) is 2. The summed E-state index contributed by atoms with van der Waals surface area (Å²) in [7, 11) is 1.59. The van der Waals surface area contributed by atoms with Gasteiger partial charge < -0.3 is 10.1 Å². The van der Waals surface area contributed by atoms with Crippen molar-refractivity contribution in [3.8, 4) is 0 Å². The van der Waals surface area contributed by atoms with Gasteiger partial charge in [-0.25, -0.2) is 0 Å². The van der Waals surface area contributed by atoms with Crippen molar-refractivity contribution >= 4 is 17.5 Å². The normalized spacial score (nSPS) is 17.6. The van der Waals surface area contributed by atoms with Crippen LogP contribution in [0.3, 0.4) is 0 Å². The van der Waals surface area contributed by atoms with Crippen LogP contribution in [0, 0.1) is 0 Å². The Morgan fingerprint density at radius 2 is 2.20 bits per heavy atom. The predicted molar refractivity (Wildman–Crippen MR) is 74.6 cm³/mol. The zero-order valence-corrected chi connectivity index (χ0v) is 11.7. The van der Waals surface area contributed by atoms with E-state index in [1.54, 1.807) is 13.1 Å². The van der Waals surface area contributed by atoms with Crippen molar-refractivity contribution in [2.24, 2.45) is 0 Å². The number of aromatic nitrogens is 2. The molecule has 1 aromatic heterocycles. The van der Waals surface area contributed by atoms with Crippen LogP contribution >= 0.6 is 11.6 Å². The number of halogens is 1. The Bertz CT molecular complexity index is 636. The fourth-order valence-electron chi connectivity index (χ4n) is 2.24. The average molecular weight is 292 g/mol. The monoisotopic (exact) mass is 291 g/mol. The summed E-state index contributed by atoms with van der Waals surface area (Å²) in [6, 6.07) is 9.34. The highest BCUT2D eigenvalue weighted by Gasteiger charge is 2.23. The molecule has 1 aliphatic heterocycles. The highest BCUT2D eigenvalue weighted by Crippen LogP contribution is 2.27. The molecule has 0 aliphatic carbocycles. The number of carbonyl (C=O) groups is 1. The van der Waals surface area contributed by atoms with Gasteiger partial charge in [0.05, 0.1) is 18.8 Å². The summed E-state index contributed by atoms with van der Waals surface area (Å²) in [5, 5.41) is 7.58. The third-order valence-electron chi connectivity index (χ3n) is 3.34. The highest BCUT2D eigenvalue weighted by atomic mass is 35.5.